The molecule has 1 aliphatic rings. The highest BCUT2D eigenvalue weighted by atomic mass is 16.3. The van der Waals surface area contributed by atoms with Crippen molar-refractivity contribution in [2.75, 3.05) is 11.9 Å². The summed E-state index contributed by atoms with van der Waals surface area (Å²) in [6, 6.07) is 8.62. The molecular formula is C16H17N3O3. The number of furan rings is 1. The first-order valence-electron chi connectivity index (χ1n) is 6.99. The molecule has 1 aromatic carbocycles. The van der Waals surface area contributed by atoms with Gasteiger partial charge in [0, 0.05) is 24.7 Å². The predicted octanol–water partition coefficient (Wildman–Crippen LogP) is 0.821. The zero-order valence-corrected chi connectivity index (χ0v) is 12.2. The van der Waals surface area contributed by atoms with E-state index in [1.165, 1.54) is 0 Å². The second-order valence-electron chi connectivity index (χ2n) is 5.45. The Morgan fingerprint density at radius 2 is 2.14 bits per heavy atom. The Hall–Kier alpha value is -2.60. The number of amides is 2. The lowest BCUT2D eigenvalue weighted by Gasteiger charge is -2.10. The highest BCUT2D eigenvalue weighted by Crippen LogP contribution is 2.33. The van der Waals surface area contributed by atoms with Gasteiger partial charge in [-0.05, 0) is 23.8 Å². The molecule has 0 unspecified atom stereocenters. The number of primary amides is 1. The van der Waals surface area contributed by atoms with E-state index in [1.54, 1.807) is 18.0 Å². The minimum absolute atomic E-state index is 0.0831. The number of rotatable bonds is 4. The molecule has 1 aliphatic heterocycles. The van der Waals surface area contributed by atoms with Gasteiger partial charge in [0.25, 0.3) is 0 Å². The molecule has 0 saturated heterocycles. The highest BCUT2D eigenvalue weighted by Gasteiger charge is 2.24. The number of hydrogen-bond acceptors (Lipinski definition) is 4. The summed E-state index contributed by atoms with van der Waals surface area (Å²) in [5, 5.41) is 0. The molecule has 1 aromatic heterocycles. The number of likely N-dealkylation sites (N-methyl/N-ethyl adjacent to an activating group) is 1. The van der Waals surface area contributed by atoms with E-state index < -0.39 is 11.9 Å². The van der Waals surface area contributed by atoms with Crippen LogP contribution in [0.25, 0.3) is 11.3 Å². The quantitative estimate of drug-likeness (QED) is 0.872. The van der Waals surface area contributed by atoms with E-state index in [-0.39, 0.29) is 12.3 Å². The van der Waals surface area contributed by atoms with Gasteiger partial charge in [-0.2, -0.15) is 0 Å². The largest absolute Gasteiger partial charge is 0.461 e. The molecular weight excluding hydrogens is 282 g/mol. The summed E-state index contributed by atoms with van der Waals surface area (Å²) in [6.07, 6.45) is 0.696. The van der Waals surface area contributed by atoms with Crippen molar-refractivity contribution in [3.63, 3.8) is 0 Å². The Kier molecular flexibility index (Phi) is 3.46. The molecule has 4 N–H and O–H groups in total. The molecule has 6 nitrogen and oxygen atoms in total. The maximum atomic E-state index is 11.7. The van der Waals surface area contributed by atoms with Crippen LogP contribution < -0.4 is 16.4 Å². The standard InChI is InChI=1S/C16H17N3O3/c1-19-13-6-10(3-2-9(13)7-15(19)20)14-5-4-11(22-14)8-12(17)16(18)21/h2-6,12H,7-8,17H2,1H3,(H2,18,21)/t12-/m0/s1. The molecule has 22 heavy (non-hydrogen) atoms. The number of anilines is 1. The molecule has 0 radical (unpaired) electrons. The maximum Gasteiger partial charge on any atom is 0.234 e. The van der Waals surface area contributed by atoms with Crippen molar-refractivity contribution in [1.82, 2.24) is 0 Å². The Labute approximate surface area is 127 Å². The first-order valence-corrected chi connectivity index (χ1v) is 6.99. The van der Waals surface area contributed by atoms with E-state index in [9.17, 15) is 9.59 Å². The van der Waals surface area contributed by atoms with Crippen LogP contribution in [0.1, 0.15) is 11.3 Å². The molecule has 0 spiro atoms. The SMILES string of the molecule is CN1C(=O)Cc2ccc(-c3ccc(C[C@H](N)C(N)=O)o3)cc21. The molecule has 0 aliphatic carbocycles. The maximum absolute atomic E-state index is 11.7. The Balaban J connectivity index is 1.86. The van der Waals surface area contributed by atoms with Crippen molar-refractivity contribution in [3.8, 4) is 11.3 Å². The lowest BCUT2D eigenvalue weighted by Crippen LogP contribution is -2.37. The van der Waals surface area contributed by atoms with Gasteiger partial charge in [0.2, 0.25) is 11.8 Å². The topological polar surface area (TPSA) is 103 Å². The molecule has 0 fully saturated rings. The van der Waals surface area contributed by atoms with E-state index in [4.69, 9.17) is 15.9 Å². The van der Waals surface area contributed by atoms with Crippen LogP contribution >= 0.6 is 0 Å². The summed E-state index contributed by atoms with van der Waals surface area (Å²) in [6.45, 7) is 0. The summed E-state index contributed by atoms with van der Waals surface area (Å²) in [5.41, 5.74) is 13.6. The van der Waals surface area contributed by atoms with Gasteiger partial charge in [-0.1, -0.05) is 12.1 Å². The fourth-order valence-corrected chi connectivity index (χ4v) is 2.55. The van der Waals surface area contributed by atoms with Crippen LogP contribution in [0.2, 0.25) is 0 Å². The van der Waals surface area contributed by atoms with Gasteiger partial charge < -0.3 is 20.8 Å². The molecule has 2 heterocycles. The normalized spacial score (nSPS) is 15.0. The lowest BCUT2D eigenvalue weighted by atomic mass is 10.1. The van der Waals surface area contributed by atoms with Crippen LogP contribution in [0.3, 0.4) is 0 Å². The molecule has 114 valence electrons. The van der Waals surface area contributed by atoms with Crippen LogP contribution in [0.15, 0.2) is 34.7 Å². The number of carbonyl (C=O) groups is 2. The molecule has 1 atom stereocenters. The number of nitrogens with zero attached hydrogens (tertiary/aromatic N) is 1. The van der Waals surface area contributed by atoms with Crippen molar-refractivity contribution in [1.29, 1.82) is 0 Å². The van der Waals surface area contributed by atoms with Gasteiger partial charge in [0.1, 0.15) is 11.5 Å². The van der Waals surface area contributed by atoms with Crippen molar-refractivity contribution in [2.24, 2.45) is 11.5 Å². The Morgan fingerprint density at radius 1 is 1.36 bits per heavy atom. The van der Waals surface area contributed by atoms with E-state index in [1.807, 2.05) is 24.3 Å². The third-order valence-electron chi connectivity index (χ3n) is 3.90. The average Bonchev–Trinajstić information content (AvgIpc) is 3.05. The fourth-order valence-electron chi connectivity index (χ4n) is 2.55. The number of hydrogen-bond donors (Lipinski definition) is 2. The summed E-state index contributed by atoms with van der Waals surface area (Å²) >= 11 is 0. The van der Waals surface area contributed by atoms with Crippen molar-refractivity contribution >= 4 is 17.5 Å². The smallest absolute Gasteiger partial charge is 0.234 e. The zero-order valence-electron chi connectivity index (χ0n) is 12.2. The molecule has 0 saturated carbocycles. The fraction of sp³-hybridized carbons (Fsp3) is 0.250. The minimum Gasteiger partial charge on any atom is -0.461 e. The molecule has 0 bridgehead atoms. The second-order valence-corrected chi connectivity index (χ2v) is 5.45. The molecule has 2 aromatic rings. The molecule has 2 amide bonds. The minimum atomic E-state index is -0.761. The first-order chi connectivity index (χ1) is 10.5. The van der Waals surface area contributed by atoms with Gasteiger partial charge in [0.15, 0.2) is 0 Å². The van der Waals surface area contributed by atoms with E-state index in [0.717, 1.165) is 16.8 Å². The number of nitrogens with two attached hydrogens (primary N) is 2. The van der Waals surface area contributed by atoms with Gasteiger partial charge in [-0.25, -0.2) is 0 Å². The van der Waals surface area contributed by atoms with Crippen LogP contribution in [-0.2, 0) is 22.4 Å². The van der Waals surface area contributed by atoms with Gasteiger partial charge in [0.05, 0.1) is 12.5 Å². The number of fused-ring (bicyclic) bond motifs is 1. The molecule has 3 rings (SSSR count). The van der Waals surface area contributed by atoms with Gasteiger partial charge in [-0.15, -0.1) is 0 Å². The Bertz CT molecular complexity index is 751. The third-order valence-corrected chi connectivity index (χ3v) is 3.90. The summed E-state index contributed by atoms with van der Waals surface area (Å²) in [5.74, 6) is 0.795. The second kappa shape index (κ2) is 5.31. The van der Waals surface area contributed by atoms with Gasteiger partial charge in [-0.3, -0.25) is 9.59 Å². The van der Waals surface area contributed by atoms with E-state index >= 15 is 0 Å². The van der Waals surface area contributed by atoms with Gasteiger partial charge >= 0.3 is 0 Å². The summed E-state index contributed by atoms with van der Waals surface area (Å²) in [7, 11) is 1.76. The van der Waals surface area contributed by atoms with Crippen LogP contribution in [0.5, 0.6) is 0 Å². The average molecular weight is 299 g/mol. The monoisotopic (exact) mass is 299 g/mol. The molecule has 6 heteroatoms. The van der Waals surface area contributed by atoms with Crippen molar-refractivity contribution in [3.05, 3.63) is 41.7 Å². The van der Waals surface area contributed by atoms with E-state index in [0.29, 0.717) is 17.9 Å². The lowest BCUT2D eigenvalue weighted by molar-refractivity contribution is -0.119. The van der Waals surface area contributed by atoms with Crippen LogP contribution in [0, 0.1) is 0 Å². The van der Waals surface area contributed by atoms with Crippen molar-refractivity contribution in [2.45, 2.75) is 18.9 Å². The number of carbonyl (C=O) groups excluding carboxylic acids is 2. The highest BCUT2D eigenvalue weighted by molar-refractivity contribution is 6.01. The Morgan fingerprint density at radius 3 is 2.86 bits per heavy atom. The third kappa shape index (κ3) is 2.48. The van der Waals surface area contributed by atoms with E-state index in [2.05, 4.69) is 0 Å². The van der Waals surface area contributed by atoms with Crippen LogP contribution in [-0.4, -0.2) is 24.9 Å². The first kappa shape index (κ1) is 14.3. The zero-order chi connectivity index (χ0) is 15.9. The summed E-state index contributed by atoms with van der Waals surface area (Å²) < 4.78 is 5.72. The number of benzene rings is 1. The predicted molar refractivity (Wildman–Crippen MR) is 82.1 cm³/mol. The summed E-state index contributed by atoms with van der Waals surface area (Å²) in [4.78, 5) is 24.4. The van der Waals surface area contributed by atoms with Crippen molar-refractivity contribution < 1.29 is 14.0 Å². The van der Waals surface area contributed by atoms with Crippen LogP contribution in [0.4, 0.5) is 5.69 Å².